The summed E-state index contributed by atoms with van der Waals surface area (Å²) >= 11 is 7.50. The van der Waals surface area contributed by atoms with Crippen LogP contribution in [0.3, 0.4) is 0 Å². The van der Waals surface area contributed by atoms with Gasteiger partial charge in [-0.2, -0.15) is 5.10 Å². The molecule has 3 aromatic rings. The average Bonchev–Trinajstić information content (AvgIpc) is 3.75. The van der Waals surface area contributed by atoms with Crippen molar-refractivity contribution in [3.05, 3.63) is 73.7 Å². The number of amides is 3. The van der Waals surface area contributed by atoms with E-state index in [0.717, 1.165) is 49.9 Å². The summed E-state index contributed by atoms with van der Waals surface area (Å²) in [6.45, 7) is 10.9. The zero-order valence-electron chi connectivity index (χ0n) is 24.7. The van der Waals surface area contributed by atoms with Crippen LogP contribution in [-0.2, 0) is 12.0 Å². The topological polar surface area (TPSA) is 87.5 Å². The molecule has 6 rings (SSSR count). The Kier molecular flexibility index (Phi) is 7.46. The van der Waals surface area contributed by atoms with Crippen molar-refractivity contribution in [3.63, 3.8) is 0 Å². The number of piperidine rings is 1. The second-order valence-corrected chi connectivity index (χ2v) is 14.4. The van der Waals surface area contributed by atoms with E-state index in [0.29, 0.717) is 40.8 Å². The molecule has 1 atom stereocenters. The quantitative estimate of drug-likeness (QED) is 0.403. The molecule has 1 spiro atoms. The molecule has 2 fully saturated rings. The molecule has 1 aromatic carbocycles. The van der Waals surface area contributed by atoms with Gasteiger partial charge in [-0.05, 0) is 106 Å². The molecule has 222 valence electrons. The van der Waals surface area contributed by atoms with Crippen molar-refractivity contribution < 1.29 is 14.4 Å². The predicted octanol–water partition coefficient (Wildman–Crippen LogP) is 5.85. The maximum atomic E-state index is 13.7. The lowest BCUT2D eigenvalue weighted by Crippen LogP contribution is -2.45. The van der Waals surface area contributed by atoms with Crippen LogP contribution in [0.5, 0.6) is 0 Å². The number of nitrogens with zero attached hydrogens (tertiary/aromatic N) is 4. The van der Waals surface area contributed by atoms with Crippen molar-refractivity contribution in [2.75, 3.05) is 26.2 Å². The van der Waals surface area contributed by atoms with Gasteiger partial charge in [0.05, 0.1) is 22.3 Å². The number of hydrogen-bond donors (Lipinski definition) is 1. The molecule has 1 unspecified atom stereocenters. The second kappa shape index (κ2) is 10.8. The average molecular weight is 608 g/mol. The van der Waals surface area contributed by atoms with Gasteiger partial charge >= 0.3 is 0 Å². The second-order valence-electron chi connectivity index (χ2n) is 13.1. The first kappa shape index (κ1) is 28.9. The molecule has 42 heavy (non-hydrogen) atoms. The summed E-state index contributed by atoms with van der Waals surface area (Å²) in [7, 11) is 0. The Morgan fingerprint density at radius 3 is 2.40 bits per heavy atom. The van der Waals surface area contributed by atoms with E-state index in [9.17, 15) is 14.4 Å². The molecule has 2 saturated heterocycles. The van der Waals surface area contributed by atoms with Crippen molar-refractivity contribution >= 4 is 40.7 Å². The first-order chi connectivity index (χ1) is 19.9. The third-order valence-electron chi connectivity index (χ3n) is 9.12. The van der Waals surface area contributed by atoms with Crippen LogP contribution in [-0.4, -0.2) is 63.5 Å². The standard InChI is InChI=1S/C32H38ClN5O3S/c1-20-17-26(38(35-20)31(2,3)4)30(41)36-13-10-32(11-14-36)12-15-37(19-32)29(40)22-6-5-21-7-8-25(23(21)18-22)34-28(39)27-24(33)9-16-42-27/h5-6,9,16-18,25H,7-8,10-15,19H2,1-4H3,(H,34,39). The Hall–Kier alpha value is -3.17. The van der Waals surface area contributed by atoms with E-state index < -0.39 is 0 Å². The van der Waals surface area contributed by atoms with Crippen molar-refractivity contribution in [2.24, 2.45) is 5.41 Å². The normalized spacial score (nSPS) is 19.8. The summed E-state index contributed by atoms with van der Waals surface area (Å²) in [6.07, 6.45) is 4.39. The number of carbonyl (C=O) groups is 3. The number of hydrogen-bond acceptors (Lipinski definition) is 5. The van der Waals surface area contributed by atoms with Crippen LogP contribution in [0.4, 0.5) is 0 Å². The van der Waals surface area contributed by atoms with Gasteiger partial charge in [0.1, 0.15) is 10.6 Å². The molecule has 1 N–H and O–H groups in total. The molecule has 2 aliphatic heterocycles. The lowest BCUT2D eigenvalue weighted by Gasteiger charge is -2.39. The van der Waals surface area contributed by atoms with Crippen molar-refractivity contribution in [1.29, 1.82) is 0 Å². The molecule has 1 aliphatic carbocycles. The number of aryl methyl sites for hydroxylation is 2. The van der Waals surface area contributed by atoms with Crippen LogP contribution in [0, 0.1) is 12.3 Å². The van der Waals surface area contributed by atoms with E-state index in [1.807, 2.05) is 51.1 Å². The van der Waals surface area contributed by atoms with E-state index in [1.165, 1.54) is 16.9 Å². The van der Waals surface area contributed by atoms with Crippen LogP contribution in [0.25, 0.3) is 0 Å². The van der Waals surface area contributed by atoms with Crippen molar-refractivity contribution in [3.8, 4) is 0 Å². The van der Waals surface area contributed by atoms with E-state index >= 15 is 0 Å². The summed E-state index contributed by atoms with van der Waals surface area (Å²) in [5.41, 5.74) is 4.12. The fraction of sp³-hybridized carbons (Fsp3) is 0.500. The smallest absolute Gasteiger partial charge is 0.272 e. The number of nitrogens with one attached hydrogen (secondary N) is 1. The molecule has 0 radical (unpaired) electrons. The number of thiophene rings is 1. The maximum absolute atomic E-state index is 13.7. The van der Waals surface area contributed by atoms with Gasteiger partial charge in [-0.1, -0.05) is 17.7 Å². The number of benzene rings is 1. The van der Waals surface area contributed by atoms with E-state index in [1.54, 1.807) is 6.07 Å². The number of carbonyl (C=O) groups excluding carboxylic acids is 3. The maximum Gasteiger partial charge on any atom is 0.272 e. The number of likely N-dealkylation sites (tertiary alicyclic amines) is 2. The van der Waals surface area contributed by atoms with E-state index in [4.69, 9.17) is 11.6 Å². The minimum absolute atomic E-state index is 0.0347. The lowest BCUT2D eigenvalue weighted by molar-refractivity contribution is 0.0549. The molecule has 0 saturated carbocycles. The zero-order valence-corrected chi connectivity index (χ0v) is 26.3. The highest BCUT2D eigenvalue weighted by Gasteiger charge is 2.43. The first-order valence-corrected chi connectivity index (χ1v) is 16.0. The summed E-state index contributed by atoms with van der Waals surface area (Å²) in [5.74, 6) is -0.0997. The molecular formula is C32H38ClN5O3S. The molecular weight excluding hydrogens is 570 g/mol. The summed E-state index contributed by atoms with van der Waals surface area (Å²) in [4.78, 5) is 44.4. The number of fused-ring (bicyclic) bond motifs is 1. The summed E-state index contributed by atoms with van der Waals surface area (Å²) in [6, 6.07) is 9.41. The number of halogens is 1. The summed E-state index contributed by atoms with van der Waals surface area (Å²) in [5, 5.41) is 9.98. The Labute approximate surface area is 256 Å². The third kappa shape index (κ3) is 5.37. The van der Waals surface area contributed by atoms with Gasteiger partial charge in [-0.15, -0.1) is 11.3 Å². The Morgan fingerprint density at radius 2 is 1.74 bits per heavy atom. The van der Waals surface area contributed by atoms with Gasteiger partial charge in [0.15, 0.2) is 0 Å². The molecule has 3 aliphatic rings. The molecule has 8 nitrogen and oxygen atoms in total. The minimum Gasteiger partial charge on any atom is -0.344 e. The van der Waals surface area contributed by atoms with E-state index in [2.05, 4.69) is 31.2 Å². The number of aromatic nitrogens is 2. The monoisotopic (exact) mass is 607 g/mol. The van der Waals surface area contributed by atoms with Crippen molar-refractivity contribution in [2.45, 2.75) is 71.4 Å². The highest BCUT2D eigenvalue weighted by molar-refractivity contribution is 7.12. The van der Waals surface area contributed by atoms with Gasteiger partial charge in [0, 0.05) is 31.7 Å². The largest absolute Gasteiger partial charge is 0.344 e. The van der Waals surface area contributed by atoms with Crippen LogP contribution in [0.15, 0.2) is 35.7 Å². The van der Waals surface area contributed by atoms with Crippen LogP contribution in [0.1, 0.15) is 99.8 Å². The highest BCUT2D eigenvalue weighted by Crippen LogP contribution is 2.41. The Morgan fingerprint density at radius 1 is 1.02 bits per heavy atom. The zero-order chi connectivity index (χ0) is 29.8. The van der Waals surface area contributed by atoms with Gasteiger partial charge < -0.3 is 15.1 Å². The fourth-order valence-electron chi connectivity index (χ4n) is 6.77. The first-order valence-electron chi connectivity index (χ1n) is 14.8. The molecule has 0 bridgehead atoms. The highest BCUT2D eigenvalue weighted by atomic mass is 35.5. The molecule has 2 aromatic heterocycles. The minimum atomic E-state index is -0.274. The summed E-state index contributed by atoms with van der Waals surface area (Å²) < 4.78 is 1.84. The molecule has 3 amide bonds. The molecule has 4 heterocycles. The van der Waals surface area contributed by atoms with Crippen LogP contribution >= 0.6 is 22.9 Å². The Bertz CT molecular complexity index is 1550. The van der Waals surface area contributed by atoms with Crippen LogP contribution < -0.4 is 5.32 Å². The third-order valence-corrected chi connectivity index (χ3v) is 10.5. The fourth-order valence-corrected chi connectivity index (χ4v) is 7.82. The van der Waals surface area contributed by atoms with Gasteiger partial charge in [-0.3, -0.25) is 19.1 Å². The van der Waals surface area contributed by atoms with E-state index in [-0.39, 0.29) is 34.7 Å². The van der Waals surface area contributed by atoms with Gasteiger partial charge in [0.25, 0.3) is 17.7 Å². The Balaban J connectivity index is 1.09. The lowest BCUT2D eigenvalue weighted by atomic mass is 9.77. The predicted molar refractivity (Wildman–Crippen MR) is 164 cm³/mol. The number of rotatable bonds is 4. The molecule has 10 heteroatoms. The SMILES string of the molecule is Cc1cc(C(=O)N2CCC3(CCN(C(=O)c4ccc5c(c4)C(NC(=O)c4sccc4Cl)CC5)C3)CC2)n(C(C)(C)C)n1. The van der Waals surface area contributed by atoms with Crippen molar-refractivity contribution in [1.82, 2.24) is 24.9 Å². The van der Waals surface area contributed by atoms with Gasteiger partial charge in [0.2, 0.25) is 0 Å². The van der Waals surface area contributed by atoms with Gasteiger partial charge in [-0.25, -0.2) is 0 Å². The van der Waals surface area contributed by atoms with Crippen LogP contribution in [0.2, 0.25) is 5.02 Å².